The van der Waals surface area contributed by atoms with Crippen molar-refractivity contribution >= 4 is 0 Å². The summed E-state index contributed by atoms with van der Waals surface area (Å²) in [7, 11) is 6.00. The van der Waals surface area contributed by atoms with Crippen LogP contribution in [0.15, 0.2) is 30.3 Å². The maximum Gasteiger partial charge on any atom is 0.0595 e. The predicted octanol–water partition coefficient (Wildman–Crippen LogP) is 1.10. The summed E-state index contributed by atoms with van der Waals surface area (Å²) in [5, 5.41) is 0. The summed E-state index contributed by atoms with van der Waals surface area (Å²) in [4.78, 5) is 1.26. The van der Waals surface area contributed by atoms with Crippen LogP contribution in [0.5, 0.6) is 0 Å². The molecule has 0 aromatic heterocycles. The molecule has 0 bridgehead atoms. The predicted molar refractivity (Wildman–Crippen MR) is 52.0 cm³/mol. The zero-order valence-electron chi connectivity index (χ0n) is 7.88. The zero-order valence-corrected chi connectivity index (χ0v) is 7.88. The van der Waals surface area contributed by atoms with Crippen molar-refractivity contribution in [3.8, 4) is 0 Å². The number of nitrogens with one attached hydrogen (secondary N) is 1. The van der Waals surface area contributed by atoms with Crippen molar-refractivity contribution < 1.29 is 4.90 Å². The lowest BCUT2D eigenvalue weighted by Gasteiger charge is -2.19. The van der Waals surface area contributed by atoms with Gasteiger partial charge in [0, 0.05) is 13.0 Å². The van der Waals surface area contributed by atoms with Gasteiger partial charge in [-0.25, -0.2) is 0 Å². The molecule has 0 fully saturated rings. The van der Waals surface area contributed by atoms with E-state index in [-0.39, 0.29) is 0 Å². The number of hydrogen-bond donors (Lipinski definition) is 1. The number of quaternary nitrogens is 1. The summed E-state index contributed by atoms with van der Waals surface area (Å²) < 4.78 is 0. The minimum atomic E-state index is 0.601. The SMILES string of the molecule is [CH2-][NH+](C)CC(C)c1ccccc1. The van der Waals surface area contributed by atoms with E-state index in [9.17, 15) is 0 Å². The van der Waals surface area contributed by atoms with Gasteiger partial charge in [0.25, 0.3) is 0 Å². The van der Waals surface area contributed by atoms with Crippen LogP contribution in [0.1, 0.15) is 18.4 Å². The fourth-order valence-electron chi connectivity index (χ4n) is 1.42. The van der Waals surface area contributed by atoms with Crippen LogP contribution < -0.4 is 4.90 Å². The van der Waals surface area contributed by atoms with E-state index in [1.54, 1.807) is 0 Å². The van der Waals surface area contributed by atoms with Gasteiger partial charge in [-0.15, -0.1) is 0 Å². The number of benzene rings is 1. The molecule has 1 N–H and O–H groups in total. The first-order chi connectivity index (χ1) is 5.70. The Morgan fingerprint density at radius 1 is 1.33 bits per heavy atom. The highest BCUT2D eigenvalue weighted by atomic mass is 15.1. The summed E-state index contributed by atoms with van der Waals surface area (Å²) in [6.07, 6.45) is 0. The molecule has 0 aliphatic rings. The van der Waals surface area contributed by atoms with Crippen LogP contribution in [-0.2, 0) is 0 Å². The molecule has 0 spiro atoms. The van der Waals surface area contributed by atoms with E-state index in [4.69, 9.17) is 0 Å². The van der Waals surface area contributed by atoms with Gasteiger partial charge in [0.15, 0.2) is 0 Å². The molecule has 66 valence electrons. The van der Waals surface area contributed by atoms with Crippen molar-refractivity contribution in [2.24, 2.45) is 0 Å². The molecule has 1 rings (SSSR count). The third-order valence-electron chi connectivity index (χ3n) is 2.02. The van der Waals surface area contributed by atoms with Gasteiger partial charge >= 0.3 is 0 Å². The van der Waals surface area contributed by atoms with E-state index in [1.807, 2.05) is 0 Å². The van der Waals surface area contributed by atoms with E-state index < -0.39 is 0 Å². The number of hydrogen-bond acceptors (Lipinski definition) is 0. The first kappa shape index (κ1) is 9.27. The molecular weight excluding hydrogens is 146 g/mol. The Balaban J connectivity index is 2.59. The van der Waals surface area contributed by atoms with Gasteiger partial charge in [0.2, 0.25) is 0 Å². The molecule has 0 amide bonds. The Labute approximate surface area is 75.0 Å². The Kier molecular flexibility index (Phi) is 3.30. The second-order valence-corrected chi connectivity index (χ2v) is 3.47. The van der Waals surface area contributed by atoms with Crippen molar-refractivity contribution in [1.29, 1.82) is 0 Å². The average Bonchev–Trinajstić information content (AvgIpc) is 2.05. The maximum absolute atomic E-state index is 3.92. The van der Waals surface area contributed by atoms with Crippen LogP contribution in [0.2, 0.25) is 0 Å². The molecule has 0 heterocycles. The molecule has 0 aliphatic heterocycles. The highest BCUT2D eigenvalue weighted by Crippen LogP contribution is 2.11. The first-order valence-electron chi connectivity index (χ1n) is 4.39. The summed E-state index contributed by atoms with van der Waals surface area (Å²) >= 11 is 0. The summed E-state index contributed by atoms with van der Waals surface area (Å²) in [6.45, 7) is 3.33. The molecule has 0 aliphatic carbocycles. The Bertz CT molecular complexity index is 216. The minimum Gasteiger partial charge on any atom is -0.470 e. The number of likely N-dealkylation sites (N-methyl/N-ethyl adjacent to an activating group) is 1. The lowest BCUT2D eigenvalue weighted by molar-refractivity contribution is -0.833. The lowest BCUT2D eigenvalue weighted by Crippen LogP contribution is -3.04. The van der Waals surface area contributed by atoms with Gasteiger partial charge < -0.3 is 4.90 Å². The van der Waals surface area contributed by atoms with Crippen LogP contribution in [0.3, 0.4) is 0 Å². The largest absolute Gasteiger partial charge is 0.470 e. The summed E-state index contributed by atoms with van der Waals surface area (Å²) in [6, 6.07) is 10.6. The molecular formula is C11H17N. The van der Waals surface area contributed by atoms with Gasteiger partial charge in [-0.1, -0.05) is 37.3 Å². The fourth-order valence-corrected chi connectivity index (χ4v) is 1.42. The van der Waals surface area contributed by atoms with Gasteiger partial charge in [0.1, 0.15) is 0 Å². The quantitative estimate of drug-likeness (QED) is 0.636. The molecule has 1 nitrogen and oxygen atoms in total. The van der Waals surface area contributed by atoms with E-state index in [1.165, 1.54) is 10.5 Å². The fraction of sp³-hybridized carbons (Fsp3) is 0.364. The van der Waals surface area contributed by atoms with Crippen molar-refractivity contribution in [3.63, 3.8) is 0 Å². The van der Waals surface area contributed by atoms with Gasteiger partial charge in [0.05, 0.1) is 6.54 Å². The third kappa shape index (κ3) is 2.67. The number of rotatable bonds is 3. The highest BCUT2D eigenvalue weighted by Gasteiger charge is 2.05. The topological polar surface area (TPSA) is 4.44 Å². The van der Waals surface area contributed by atoms with Gasteiger partial charge in [-0.3, -0.25) is 0 Å². The van der Waals surface area contributed by atoms with Crippen LogP contribution >= 0.6 is 0 Å². The van der Waals surface area contributed by atoms with Crippen molar-refractivity contribution in [2.45, 2.75) is 12.8 Å². The van der Waals surface area contributed by atoms with Crippen LogP contribution in [0.4, 0.5) is 0 Å². The normalized spacial score (nSPS) is 15.6. The molecule has 1 aromatic carbocycles. The molecule has 1 aromatic rings. The summed E-state index contributed by atoms with van der Waals surface area (Å²) in [5.41, 5.74) is 1.40. The Hall–Kier alpha value is -0.820. The second-order valence-electron chi connectivity index (χ2n) is 3.47. The minimum absolute atomic E-state index is 0.601. The molecule has 2 atom stereocenters. The molecule has 12 heavy (non-hydrogen) atoms. The third-order valence-corrected chi connectivity index (χ3v) is 2.02. The Morgan fingerprint density at radius 2 is 1.92 bits per heavy atom. The molecule has 0 radical (unpaired) electrons. The van der Waals surface area contributed by atoms with E-state index in [2.05, 4.69) is 51.4 Å². The second kappa shape index (κ2) is 4.27. The van der Waals surface area contributed by atoms with E-state index >= 15 is 0 Å². The maximum atomic E-state index is 3.92. The lowest BCUT2D eigenvalue weighted by atomic mass is 10.0. The zero-order chi connectivity index (χ0) is 8.97. The standard InChI is InChI=1S/C11H17N/c1-10(9-12(2)3)11-7-5-4-6-8-11/h4-8,10,12H,2,9H2,1,3H3. The Morgan fingerprint density at radius 3 is 2.42 bits per heavy atom. The molecule has 0 saturated carbocycles. The van der Waals surface area contributed by atoms with Crippen LogP contribution in [0, 0.1) is 7.05 Å². The van der Waals surface area contributed by atoms with Crippen molar-refractivity contribution in [3.05, 3.63) is 42.9 Å². The highest BCUT2D eigenvalue weighted by molar-refractivity contribution is 5.18. The summed E-state index contributed by atoms with van der Waals surface area (Å²) in [5.74, 6) is 0.601. The molecule has 2 unspecified atom stereocenters. The van der Waals surface area contributed by atoms with E-state index in [0.717, 1.165) is 6.54 Å². The van der Waals surface area contributed by atoms with Crippen LogP contribution in [-0.4, -0.2) is 13.6 Å². The van der Waals surface area contributed by atoms with Crippen molar-refractivity contribution in [2.75, 3.05) is 13.6 Å². The van der Waals surface area contributed by atoms with E-state index in [0.29, 0.717) is 5.92 Å². The van der Waals surface area contributed by atoms with Crippen LogP contribution in [0.25, 0.3) is 0 Å². The molecule has 1 heteroatoms. The van der Waals surface area contributed by atoms with Gasteiger partial charge in [-0.2, -0.15) is 7.05 Å². The average molecular weight is 163 g/mol. The molecule has 0 saturated heterocycles. The first-order valence-corrected chi connectivity index (χ1v) is 4.39. The monoisotopic (exact) mass is 163 g/mol. The smallest absolute Gasteiger partial charge is 0.0595 e. The van der Waals surface area contributed by atoms with Crippen molar-refractivity contribution in [1.82, 2.24) is 0 Å². The van der Waals surface area contributed by atoms with Gasteiger partial charge in [-0.05, 0) is 5.56 Å².